The Balaban J connectivity index is 1.54. The number of aryl methyl sites for hydroxylation is 2. The van der Waals surface area contributed by atoms with Crippen LogP contribution in [0.15, 0.2) is 65.6 Å². The van der Waals surface area contributed by atoms with E-state index in [0.29, 0.717) is 12.2 Å². The van der Waals surface area contributed by atoms with Crippen LogP contribution in [0.3, 0.4) is 0 Å². The maximum absolute atomic E-state index is 12.3. The van der Waals surface area contributed by atoms with Crippen molar-refractivity contribution in [2.45, 2.75) is 18.7 Å². The van der Waals surface area contributed by atoms with E-state index in [4.69, 9.17) is 0 Å². The Morgan fingerprint density at radius 3 is 2.52 bits per heavy atom. The summed E-state index contributed by atoms with van der Waals surface area (Å²) in [6.45, 7) is 4.63. The molecular weight excluding hydrogens is 330 g/mol. The largest absolute Gasteiger partial charge is 0.350 e. The Kier molecular flexibility index (Phi) is 5.56. The van der Waals surface area contributed by atoms with E-state index in [-0.39, 0.29) is 5.91 Å². The van der Waals surface area contributed by atoms with E-state index in [1.165, 1.54) is 10.5 Å². The molecule has 0 radical (unpaired) electrons. The van der Waals surface area contributed by atoms with Crippen LogP contribution in [-0.2, 0) is 0 Å². The number of nitrogens with one attached hydrogen (secondary N) is 1. The first kappa shape index (κ1) is 17.3. The molecule has 0 aliphatic carbocycles. The smallest absolute Gasteiger partial charge is 0.271 e. The quantitative estimate of drug-likeness (QED) is 0.539. The topological polar surface area (TPSA) is 46.9 Å². The molecule has 1 amide bonds. The van der Waals surface area contributed by atoms with Crippen molar-refractivity contribution in [3.8, 4) is 5.69 Å². The highest BCUT2D eigenvalue weighted by atomic mass is 32.2. The van der Waals surface area contributed by atoms with Gasteiger partial charge in [0.1, 0.15) is 0 Å². The van der Waals surface area contributed by atoms with Gasteiger partial charge in [0.2, 0.25) is 0 Å². The lowest BCUT2D eigenvalue weighted by molar-refractivity contribution is 0.0951. The number of amides is 1. The zero-order valence-corrected chi connectivity index (χ0v) is 15.2. The van der Waals surface area contributed by atoms with E-state index in [2.05, 4.69) is 41.6 Å². The molecule has 0 bridgehead atoms. The van der Waals surface area contributed by atoms with Crippen LogP contribution in [0.4, 0.5) is 0 Å². The Morgan fingerprint density at radius 1 is 1.08 bits per heavy atom. The predicted octanol–water partition coefficient (Wildman–Crippen LogP) is 4.01. The average molecular weight is 351 g/mol. The number of hydrogen-bond acceptors (Lipinski definition) is 3. The first-order valence-corrected chi connectivity index (χ1v) is 9.22. The first-order chi connectivity index (χ1) is 12.1. The lowest BCUT2D eigenvalue weighted by atomic mass is 10.2. The van der Waals surface area contributed by atoms with E-state index in [9.17, 15) is 4.79 Å². The van der Waals surface area contributed by atoms with Crippen LogP contribution in [0.25, 0.3) is 5.69 Å². The second-order valence-electron chi connectivity index (χ2n) is 5.84. The Hall–Kier alpha value is -2.53. The van der Waals surface area contributed by atoms with Gasteiger partial charge in [-0.15, -0.1) is 11.8 Å². The minimum atomic E-state index is -0.137. The fourth-order valence-electron chi connectivity index (χ4n) is 2.47. The molecule has 3 rings (SSSR count). The molecule has 4 nitrogen and oxygen atoms in total. The molecule has 0 unspecified atom stereocenters. The van der Waals surface area contributed by atoms with Gasteiger partial charge in [-0.05, 0) is 44.2 Å². The summed E-state index contributed by atoms with van der Waals surface area (Å²) in [6, 6.07) is 20.0. The standard InChI is InChI=1S/C20H21N3OS/c1-15-8-10-18(11-9-15)25-13-12-21-20(24)19-14-16(2)23(22-19)17-6-4-3-5-7-17/h3-11,14H,12-13H2,1-2H3,(H,21,24). The summed E-state index contributed by atoms with van der Waals surface area (Å²) in [7, 11) is 0. The third-order valence-electron chi connectivity index (χ3n) is 3.80. The third kappa shape index (κ3) is 4.51. The second-order valence-corrected chi connectivity index (χ2v) is 7.00. The molecule has 0 saturated carbocycles. The second kappa shape index (κ2) is 8.03. The molecular formula is C20H21N3OS. The van der Waals surface area contributed by atoms with E-state index < -0.39 is 0 Å². The van der Waals surface area contributed by atoms with Crippen molar-refractivity contribution >= 4 is 17.7 Å². The number of para-hydroxylation sites is 1. The van der Waals surface area contributed by atoms with Crippen molar-refractivity contribution in [3.63, 3.8) is 0 Å². The predicted molar refractivity (Wildman–Crippen MR) is 103 cm³/mol. The summed E-state index contributed by atoms with van der Waals surface area (Å²) in [5.41, 5.74) is 3.59. The van der Waals surface area contributed by atoms with Gasteiger partial charge in [0.25, 0.3) is 5.91 Å². The summed E-state index contributed by atoms with van der Waals surface area (Å²) in [5.74, 6) is 0.690. The number of carbonyl (C=O) groups excluding carboxylic acids is 1. The lowest BCUT2D eigenvalue weighted by Crippen LogP contribution is -2.26. The van der Waals surface area contributed by atoms with Gasteiger partial charge < -0.3 is 5.32 Å². The zero-order valence-electron chi connectivity index (χ0n) is 14.4. The summed E-state index contributed by atoms with van der Waals surface area (Å²) in [6.07, 6.45) is 0. The molecule has 3 aromatic rings. The van der Waals surface area contributed by atoms with Crippen LogP contribution >= 0.6 is 11.8 Å². The normalized spacial score (nSPS) is 10.6. The van der Waals surface area contributed by atoms with Gasteiger partial charge in [-0.25, -0.2) is 4.68 Å². The van der Waals surface area contributed by atoms with Crippen LogP contribution in [0, 0.1) is 13.8 Å². The molecule has 0 saturated heterocycles. The van der Waals surface area contributed by atoms with E-state index in [1.807, 2.05) is 43.3 Å². The Labute approximate surface area is 152 Å². The van der Waals surface area contributed by atoms with Gasteiger partial charge in [-0.2, -0.15) is 5.10 Å². The van der Waals surface area contributed by atoms with Gasteiger partial charge in [0, 0.05) is 22.9 Å². The molecule has 5 heteroatoms. The number of carbonyl (C=O) groups is 1. The number of thioether (sulfide) groups is 1. The van der Waals surface area contributed by atoms with Crippen molar-refractivity contribution in [1.82, 2.24) is 15.1 Å². The number of rotatable bonds is 6. The highest BCUT2D eigenvalue weighted by Crippen LogP contribution is 2.17. The van der Waals surface area contributed by atoms with E-state index in [0.717, 1.165) is 17.1 Å². The average Bonchev–Trinajstić information content (AvgIpc) is 3.03. The Bertz CT molecular complexity index is 841. The van der Waals surface area contributed by atoms with Crippen LogP contribution < -0.4 is 5.32 Å². The number of aromatic nitrogens is 2. The molecule has 1 N–H and O–H groups in total. The maximum atomic E-state index is 12.3. The van der Waals surface area contributed by atoms with Gasteiger partial charge in [-0.1, -0.05) is 35.9 Å². The molecule has 0 fully saturated rings. The third-order valence-corrected chi connectivity index (χ3v) is 4.81. The van der Waals surface area contributed by atoms with Gasteiger partial charge in [0.05, 0.1) is 5.69 Å². The fraction of sp³-hybridized carbons (Fsp3) is 0.200. The van der Waals surface area contributed by atoms with Gasteiger partial charge in [0.15, 0.2) is 5.69 Å². The minimum Gasteiger partial charge on any atom is -0.350 e. The molecule has 0 atom stereocenters. The van der Waals surface area contributed by atoms with Crippen molar-refractivity contribution in [2.24, 2.45) is 0 Å². The van der Waals surface area contributed by atoms with Crippen LogP contribution in [0.2, 0.25) is 0 Å². The molecule has 128 valence electrons. The number of hydrogen-bond donors (Lipinski definition) is 1. The first-order valence-electron chi connectivity index (χ1n) is 8.23. The molecule has 0 aliphatic rings. The van der Waals surface area contributed by atoms with E-state index in [1.54, 1.807) is 16.4 Å². The number of nitrogens with zero attached hydrogens (tertiary/aromatic N) is 2. The minimum absolute atomic E-state index is 0.137. The maximum Gasteiger partial charge on any atom is 0.271 e. The molecule has 25 heavy (non-hydrogen) atoms. The molecule has 0 aliphatic heterocycles. The summed E-state index contributed by atoms with van der Waals surface area (Å²) in [4.78, 5) is 13.5. The van der Waals surface area contributed by atoms with Crippen molar-refractivity contribution in [2.75, 3.05) is 12.3 Å². The summed E-state index contributed by atoms with van der Waals surface area (Å²) >= 11 is 1.73. The van der Waals surface area contributed by atoms with Crippen LogP contribution in [0.1, 0.15) is 21.7 Å². The molecule has 1 aromatic heterocycles. The van der Waals surface area contributed by atoms with Crippen molar-refractivity contribution < 1.29 is 4.79 Å². The number of benzene rings is 2. The van der Waals surface area contributed by atoms with Crippen molar-refractivity contribution in [1.29, 1.82) is 0 Å². The lowest BCUT2D eigenvalue weighted by Gasteiger charge is -2.04. The van der Waals surface area contributed by atoms with E-state index >= 15 is 0 Å². The summed E-state index contributed by atoms with van der Waals surface area (Å²) in [5, 5.41) is 7.36. The molecule has 2 aromatic carbocycles. The highest BCUT2D eigenvalue weighted by molar-refractivity contribution is 7.99. The zero-order chi connectivity index (χ0) is 17.6. The van der Waals surface area contributed by atoms with Crippen molar-refractivity contribution in [3.05, 3.63) is 77.6 Å². The van der Waals surface area contributed by atoms with Gasteiger partial charge >= 0.3 is 0 Å². The van der Waals surface area contributed by atoms with Crippen LogP contribution in [0.5, 0.6) is 0 Å². The summed E-state index contributed by atoms with van der Waals surface area (Å²) < 4.78 is 1.79. The molecule has 0 spiro atoms. The fourth-order valence-corrected chi connectivity index (χ4v) is 3.24. The van der Waals surface area contributed by atoms with Gasteiger partial charge in [-0.3, -0.25) is 4.79 Å². The Morgan fingerprint density at radius 2 is 1.80 bits per heavy atom. The molecule has 1 heterocycles. The van der Waals surface area contributed by atoms with Crippen LogP contribution in [-0.4, -0.2) is 28.0 Å². The monoisotopic (exact) mass is 351 g/mol. The SMILES string of the molecule is Cc1ccc(SCCNC(=O)c2cc(C)n(-c3ccccc3)n2)cc1. The highest BCUT2D eigenvalue weighted by Gasteiger charge is 2.12.